The summed E-state index contributed by atoms with van der Waals surface area (Å²) in [5.41, 5.74) is -0.143. The number of fused-ring (bicyclic) bond motifs is 1. The van der Waals surface area contributed by atoms with Crippen LogP contribution >= 0.6 is 15.9 Å². The van der Waals surface area contributed by atoms with E-state index >= 15 is 0 Å². The number of hydrogen-bond donors (Lipinski definition) is 0. The number of halogens is 1. The Balaban J connectivity index is 1.29. The molecule has 0 bridgehead atoms. The molecule has 3 aromatic heterocycles. The molecule has 156 valence electrons. The molecule has 0 spiro atoms. The first-order chi connectivity index (χ1) is 15.1. The average molecular weight is 482 g/mol. The smallest absolute Gasteiger partial charge is 0.349 e. The maximum Gasteiger partial charge on any atom is 0.349 e. The second-order valence-corrected chi connectivity index (χ2v) is 7.91. The minimum Gasteiger partial charge on any atom is -0.422 e. The maximum atomic E-state index is 13.0. The van der Waals surface area contributed by atoms with Crippen molar-refractivity contribution in [1.82, 2.24) is 29.9 Å². The Labute approximate surface area is 184 Å². The molecule has 0 unspecified atom stereocenters. The Morgan fingerprint density at radius 1 is 1.00 bits per heavy atom. The van der Waals surface area contributed by atoms with Gasteiger partial charge in [0.25, 0.3) is 5.91 Å². The summed E-state index contributed by atoms with van der Waals surface area (Å²) in [7, 11) is 0. The predicted octanol–water partition coefficient (Wildman–Crippen LogP) is 1.89. The van der Waals surface area contributed by atoms with E-state index in [1.54, 1.807) is 29.4 Å². The van der Waals surface area contributed by atoms with Gasteiger partial charge in [0.1, 0.15) is 23.8 Å². The Morgan fingerprint density at radius 3 is 2.48 bits per heavy atom. The molecule has 10 nitrogen and oxygen atoms in total. The molecular weight excluding hydrogens is 466 g/mol. The van der Waals surface area contributed by atoms with Crippen molar-refractivity contribution in [2.75, 3.05) is 31.1 Å². The Hall–Kier alpha value is -3.60. The van der Waals surface area contributed by atoms with Gasteiger partial charge in [-0.15, -0.1) is 10.2 Å². The zero-order chi connectivity index (χ0) is 21.4. The van der Waals surface area contributed by atoms with Gasteiger partial charge in [-0.3, -0.25) is 4.79 Å². The van der Waals surface area contributed by atoms with E-state index in [4.69, 9.17) is 4.42 Å². The molecule has 0 radical (unpaired) electrons. The highest BCUT2D eigenvalue weighted by Crippen LogP contribution is 2.20. The summed E-state index contributed by atoms with van der Waals surface area (Å²) < 4.78 is 7.70. The zero-order valence-electron chi connectivity index (χ0n) is 16.2. The quantitative estimate of drug-likeness (QED) is 0.408. The van der Waals surface area contributed by atoms with E-state index in [-0.39, 0.29) is 11.5 Å². The van der Waals surface area contributed by atoms with Crippen molar-refractivity contribution in [2.24, 2.45) is 0 Å². The minimum absolute atomic E-state index is 0.0380. The van der Waals surface area contributed by atoms with Gasteiger partial charge in [0.2, 0.25) is 0 Å². The van der Waals surface area contributed by atoms with Gasteiger partial charge in [-0.1, -0.05) is 15.9 Å². The maximum absolute atomic E-state index is 13.0. The van der Waals surface area contributed by atoms with Crippen molar-refractivity contribution in [3.8, 4) is 5.82 Å². The SMILES string of the molecule is O=C(c1cc2cc(Br)ccc2oc1=O)N1CCN(c2ccc(-n3cncn3)nn2)CC1. The number of piperazine rings is 1. The molecule has 0 aliphatic carbocycles. The van der Waals surface area contributed by atoms with Gasteiger partial charge >= 0.3 is 5.63 Å². The number of aromatic nitrogens is 5. The lowest BCUT2D eigenvalue weighted by Crippen LogP contribution is -2.49. The van der Waals surface area contributed by atoms with E-state index in [0.29, 0.717) is 48.8 Å². The summed E-state index contributed by atoms with van der Waals surface area (Å²) >= 11 is 3.39. The minimum atomic E-state index is -0.628. The largest absolute Gasteiger partial charge is 0.422 e. The molecule has 1 aliphatic rings. The van der Waals surface area contributed by atoms with E-state index in [9.17, 15) is 9.59 Å². The topological polar surface area (TPSA) is 110 Å². The first kappa shape index (κ1) is 19.4. The molecule has 0 atom stereocenters. The van der Waals surface area contributed by atoms with Crippen LogP contribution in [0.5, 0.6) is 0 Å². The molecule has 0 N–H and O–H groups in total. The third-order valence-corrected chi connectivity index (χ3v) is 5.60. The van der Waals surface area contributed by atoms with Crippen LogP contribution in [0, 0.1) is 0 Å². The molecule has 31 heavy (non-hydrogen) atoms. The van der Waals surface area contributed by atoms with Crippen LogP contribution in [-0.4, -0.2) is 61.9 Å². The number of hydrogen-bond acceptors (Lipinski definition) is 8. The molecule has 0 saturated carbocycles. The van der Waals surface area contributed by atoms with E-state index in [1.165, 1.54) is 11.0 Å². The van der Waals surface area contributed by atoms with Crippen molar-refractivity contribution in [3.05, 3.63) is 69.5 Å². The molecular formula is C20H16BrN7O3. The van der Waals surface area contributed by atoms with Crippen LogP contribution in [0.3, 0.4) is 0 Å². The van der Waals surface area contributed by atoms with Gasteiger partial charge in [-0.2, -0.15) is 5.10 Å². The molecule has 1 fully saturated rings. The Bertz CT molecular complexity index is 1300. The standard InChI is InChI=1S/C20H16BrN7O3/c21-14-1-2-16-13(9-14)10-15(20(30)31-16)19(29)27-7-5-26(6-8-27)17-3-4-18(25-24-17)28-12-22-11-23-28/h1-4,9-12H,5-8H2. The fourth-order valence-corrected chi connectivity index (χ4v) is 3.87. The lowest BCUT2D eigenvalue weighted by Gasteiger charge is -2.35. The molecule has 4 aromatic rings. The first-order valence-electron chi connectivity index (χ1n) is 9.55. The fourth-order valence-electron chi connectivity index (χ4n) is 3.49. The van der Waals surface area contributed by atoms with Crippen LogP contribution in [-0.2, 0) is 0 Å². The highest BCUT2D eigenvalue weighted by atomic mass is 79.9. The molecule has 1 aliphatic heterocycles. The molecule has 5 rings (SSSR count). The molecule has 4 heterocycles. The van der Waals surface area contributed by atoms with E-state index in [2.05, 4.69) is 36.2 Å². The summed E-state index contributed by atoms with van der Waals surface area (Å²) in [5, 5.41) is 13.2. The lowest BCUT2D eigenvalue weighted by molar-refractivity contribution is 0.0742. The molecule has 1 saturated heterocycles. The Kier molecular flexibility index (Phi) is 4.94. The first-order valence-corrected chi connectivity index (χ1v) is 10.3. The van der Waals surface area contributed by atoms with Crippen LogP contribution in [0.15, 0.2) is 62.7 Å². The Morgan fingerprint density at radius 2 is 1.77 bits per heavy atom. The average Bonchev–Trinajstić information content (AvgIpc) is 3.34. The van der Waals surface area contributed by atoms with Gasteiger partial charge in [-0.05, 0) is 36.4 Å². The zero-order valence-corrected chi connectivity index (χ0v) is 17.8. The number of rotatable bonds is 3. The summed E-state index contributed by atoms with van der Waals surface area (Å²) in [4.78, 5) is 32.9. The number of amides is 1. The van der Waals surface area contributed by atoms with Crippen molar-refractivity contribution in [2.45, 2.75) is 0 Å². The van der Waals surface area contributed by atoms with Crippen LogP contribution in [0.4, 0.5) is 5.82 Å². The highest BCUT2D eigenvalue weighted by Gasteiger charge is 2.25. The monoisotopic (exact) mass is 481 g/mol. The molecule has 1 aromatic carbocycles. The number of benzene rings is 1. The van der Waals surface area contributed by atoms with Crippen molar-refractivity contribution in [1.29, 1.82) is 0 Å². The van der Waals surface area contributed by atoms with E-state index in [1.807, 2.05) is 23.1 Å². The van der Waals surface area contributed by atoms with Gasteiger partial charge in [0.05, 0.1) is 0 Å². The van der Waals surface area contributed by atoms with Gasteiger partial charge in [0, 0.05) is 36.0 Å². The molecule has 11 heteroatoms. The predicted molar refractivity (Wildman–Crippen MR) is 115 cm³/mol. The second kappa shape index (κ2) is 7.91. The van der Waals surface area contributed by atoms with Gasteiger partial charge < -0.3 is 14.2 Å². The van der Waals surface area contributed by atoms with Gasteiger partial charge in [-0.25, -0.2) is 14.5 Å². The van der Waals surface area contributed by atoms with Crippen LogP contribution in [0.25, 0.3) is 16.8 Å². The summed E-state index contributed by atoms with van der Waals surface area (Å²) in [6.07, 6.45) is 2.98. The third-order valence-electron chi connectivity index (χ3n) is 5.11. The van der Waals surface area contributed by atoms with E-state index < -0.39 is 5.63 Å². The summed E-state index contributed by atoms with van der Waals surface area (Å²) in [6.45, 7) is 2.07. The number of carbonyl (C=O) groups is 1. The van der Waals surface area contributed by atoms with Crippen molar-refractivity contribution < 1.29 is 9.21 Å². The normalized spacial score (nSPS) is 14.2. The second-order valence-electron chi connectivity index (χ2n) is 7.00. The van der Waals surface area contributed by atoms with Crippen molar-refractivity contribution in [3.63, 3.8) is 0 Å². The van der Waals surface area contributed by atoms with Crippen molar-refractivity contribution >= 4 is 38.6 Å². The summed E-state index contributed by atoms with van der Waals surface area (Å²) in [6, 6.07) is 10.6. The fraction of sp³-hybridized carbons (Fsp3) is 0.200. The third kappa shape index (κ3) is 3.79. The van der Waals surface area contributed by atoms with Crippen LogP contribution in [0.2, 0.25) is 0 Å². The summed E-state index contributed by atoms with van der Waals surface area (Å²) in [5.74, 6) is 0.957. The van der Waals surface area contributed by atoms with E-state index in [0.717, 1.165) is 4.47 Å². The number of anilines is 1. The lowest BCUT2D eigenvalue weighted by atomic mass is 10.1. The van der Waals surface area contributed by atoms with Crippen LogP contribution < -0.4 is 10.5 Å². The number of nitrogens with zero attached hydrogens (tertiary/aromatic N) is 7. The van der Waals surface area contributed by atoms with Crippen LogP contribution in [0.1, 0.15) is 10.4 Å². The highest BCUT2D eigenvalue weighted by molar-refractivity contribution is 9.10. The molecule has 1 amide bonds. The number of carbonyl (C=O) groups excluding carboxylic acids is 1. The van der Waals surface area contributed by atoms with Gasteiger partial charge in [0.15, 0.2) is 11.6 Å².